The molecular weight excluding hydrogens is 370 g/mol. The van der Waals surface area contributed by atoms with E-state index in [0.717, 1.165) is 23.1 Å². The number of hydrogen-bond acceptors (Lipinski definition) is 6. The summed E-state index contributed by atoms with van der Waals surface area (Å²) in [7, 11) is 0. The molecule has 0 radical (unpaired) electrons. The van der Waals surface area contributed by atoms with Crippen molar-refractivity contribution in [2.75, 3.05) is 18.4 Å². The number of benzene rings is 1. The van der Waals surface area contributed by atoms with Gasteiger partial charge in [-0.05, 0) is 52.0 Å². The molecule has 0 aliphatic heterocycles. The number of thiazole rings is 1. The number of fused-ring (bicyclic) bond motifs is 1. The van der Waals surface area contributed by atoms with Crippen molar-refractivity contribution in [3.05, 3.63) is 47.6 Å². The maximum absolute atomic E-state index is 12.4. The first-order chi connectivity index (χ1) is 13.4. The second-order valence-corrected chi connectivity index (χ2v) is 8.28. The molecule has 3 rings (SSSR count). The Balaban J connectivity index is 1.57. The van der Waals surface area contributed by atoms with Crippen LogP contribution in [0.2, 0.25) is 0 Å². The summed E-state index contributed by atoms with van der Waals surface area (Å²) in [4.78, 5) is 24.0. The Morgan fingerprint density at radius 2 is 1.93 bits per heavy atom. The van der Waals surface area contributed by atoms with Crippen molar-refractivity contribution in [3.63, 3.8) is 0 Å². The molecule has 0 saturated carbocycles. The fraction of sp³-hybridized carbons (Fsp3) is 0.381. The maximum Gasteiger partial charge on any atom is 0.263 e. The Kier molecular flexibility index (Phi) is 6.59. The van der Waals surface area contributed by atoms with Gasteiger partial charge in [0.15, 0.2) is 5.13 Å². The molecular formula is C21H27N5OS. The Morgan fingerprint density at radius 3 is 2.68 bits per heavy atom. The van der Waals surface area contributed by atoms with Gasteiger partial charge in [0, 0.05) is 42.4 Å². The molecule has 28 heavy (non-hydrogen) atoms. The number of rotatable bonds is 8. The van der Waals surface area contributed by atoms with E-state index >= 15 is 0 Å². The second-order valence-electron chi connectivity index (χ2n) is 7.25. The van der Waals surface area contributed by atoms with E-state index in [4.69, 9.17) is 0 Å². The van der Waals surface area contributed by atoms with E-state index in [1.165, 1.54) is 11.3 Å². The van der Waals surface area contributed by atoms with Crippen LogP contribution in [0.1, 0.15) is 37.4 Å². The summed E-state index contributed by atoms with van der Waals surface area (Å²) in [5.74, 6) is -0.0827. The number of hydrogen-bond donors (Lipinski definition) is 2. The summed E-state index contributed by atoms with van der Waals surface area (Å²) in [6, 6.07) is 10.8. The van der Waals surface area contributed by atoms with Crippen LogP contribution in [0, 0.1) is 0 Å². The number of nitrogens with one attached hydrogen (secondary N) is 2. The summed E-state index contributed by atoms with van der Waals surface area (Å²) >= 11 is 1.35. The normalized spacial score (nSPS) is 11.5. The van der Waals surface area contributed by atoms with Crippen LogP contribution in [-0.2, 0) is 0 Å². The molecule has 0 fully saturated rings. The molecule has 3 aromatic rings. The van der Waals surface area contributed by atoms with Crippen LogP contribution >= 0.6 is 11.3 Å². The van der Waals surface area contributed by atoms with E-state index in [9.17, 15) is 4.79 Å². The lowest BCUT2D eigenvalue weighted by Gasteiger charge is -2.30. The lowest BCUT2D eigenvalue weighted by Crippen LogP contribution is -2.42. The van der Waals surface area contributed by atoms with Crippen molar-refractivity contribution < 1.29 is 4.79 Å². The van der Waals surface area contributed by atoms with Crippen LogP contribution in [0.15, 0.2) is 42.7 Å². The van der Waals surface area contributed by atoms with Gasteiger partial charge in [0.05, 0.1) is 11.7 Å². The zero-order chi connectivity index (χ0) is 20.1. The zero-order valence-corrected chi connectivity index (χ0v) is 17.6. The molecule has 148 valence electrons. The number of nitrogens with zero attached hydrogens (tertiary/aromatic N) is 3. The lowest BCUT2D eigenvalue weighted by atomic mass is 10.2. The second kappa shape index (κ2) is 9.12. The largest absolute Gasteiger partial charge is 0.350 e. The highest BCUT2D eigenvalue weighted by atomic mass is 32.1. The van der Waals surface area contributed by atoms with Crippen LogP contribution in [0.3, 0.4) is 0 Å². The number of carbonyl (C=O) groups excluding carboxylic acids is 1. The van der Waals surface area contributed by atoms with Crippen molar-refractivity contribution in [2.45, 2.75) is 39.8 Å². The standard InChI is InChI=1S/C21H27N5OS/c1-14(2)26(15(3)4)11-10-23-20(27)19-13-24-21(28-19)25-17-7-8-18-16(12-17)6-5-9-22-18/h5-9,12-15H,10-11H2,1-4H3,(H,23,27)(H,24,25). The van der Waals surface area contributed by atoms with E-state index in [-0.39, 0.29) is 5.91 Å². The van der Waals surface area contributed by atoms with Crippen LogP contribution in [-0.4, -0.2) is 45.9 Å². The van der Waals surface area contributed by atoms with Gasteiger partial charge < -0.3 is 10.6 Å². The van der Waals surface area contributed by atoms with E-state index in [1.807, 2.05) is 30.3 Å². The van der Waals surface area contributed by atoms with E-state index in [1.54, 1.807) is 12.4 Å². The first-order valence-corrected chi connectivity index (χ1v) is 10.4. The van der Waals surface area contributed by atoms with E-state index in [2.05, 4.69) is 53.2 Å². The SMILES string of the molecule is CC(C)N(CCNC(=O)c1cnc(Nc2ccc3ncccc3c2)s1)C(C)C. The molecule has 2 N–H and O–H groups in total. The highest BCUT2D eigenvalue weighted by Gasteiger charge is 2.15. The number of pyridine rings is 1. The lowest BCUT2D eigenvalue weighted by molar-refractivity contribution is 0.0943. The Labute approximate surface area is 170 Å². The van der Waals surface area contributed by atoms with Gasteiger partial charge in [0.25, 0.3) is 5.91 Å². The molecule has 6 nitrogen and oxygen atoms in total. The minimum absolute atomic E-state index is 0.0827. The predicted octanol–water partition coefficient (Wildman–Crippen LogP) is 4.28. The molecule has 2 aromatic heterocycles. The van der Waals surface area contributed by atoms with E-state index < -0.39 is 0 Å². The van der Waals surface area contributed by atoms with Crippen LogP contribution in [0.25, 0.3) is 10.9 Å². The highest BCUT2D eigenvalue weighted by Crippen LogP contribution is 2.24. The number of carbonyl (C=O) groups is 1. The molecule has 0 atom stereocenters. The summed E-state index contributed by atoms with van der Waals surface area (Å²) in [5.41, 5.74) is 1.87. The summed E-state index contributed by atoms with van der Waals surface area (Å²) in [6.07, 6.45) is 3.40. The Morgan fingerprint density at radius 1 is 1.14 bits per heavy atom. The van der Waals surface area contributed by atoms with Crippen LogP contribution in [0.4, 0.5) is 10.8 Å². The fourth-order valence-electron chi connectivity index (χ4n) is 3.21. The molecule has 2 heterocycles. The number of aromatic nitrogens is 2. The number of anilines is 2. The van der Waals surface area contributed by atoms with Crippen molar-refractivity contribution in [3.8, 4) is 0 Å². The van der Waals surface area contributed by atoms with Crippen LogP contribution < -0.4 is 10.6 Å². The van der Waals surface area contributed by atoms with Crippen molar-refractivity contribution in [2.24, 2.45) is 0 Å². The first-order valence-electron chi connectivity index (χ1n) is 9.55. The van der Waals surface area contributed by atoms with Gasteiger partial charge in [-0.25, -0.2) is 4.98 Å². The monoisotopic (exact) mass is 397 g/mol. The van der Waals surface area contributed by atoms with Gasteiger partial charge >= 0.3 is 0 Å². The Bertz CT molecular complexity index is 929. The van der Waals surface area contributed by atoms with Gasteiger partial charge in [-0.15, -0.1) is 0 Å². The average molecular weight is 398 g/mol. The average Bonchev–Trinajstić information content (AvgIpc) is 3.13. The molecule has 0 aliphatic rings. The Hall–Kier alpha value is -2.51. The summed E-state index contributed by atoms with van der Waals surface area (Å²) in [6.45, 7) is 10.1. The van der Waals surface area contributed by atoms with Gasteiger partial charge in [-0.3, -0.25) is 14.7 Å². The smallest absolute Gasteiger partial charge is 0.263 e. The molecule has 0 bridgehead atoms. The molecule has 0 saturated heterocycles. The summed E-state index contributed by atoms with van der Waals surface area (Å²) in [5, 5.41) is 8.01. The topological polar surface area (TPSA) is 70.2 Å². The molecule has 1 aromatic carbocycles. The van der Waals surface area contributed by atoms with Crippen LogP contribution in [0.5, 0.6) is 0 Å². The highest BCUT2D eigenvalue weighted by molar-refractivity contribution is 7.17. The van der Waals surface area contributed by atoms with Crippen molar-refractivity contribution >= 4 is 39.0 Å². The molecule has 0 unspecified atom stereocenters. The molecule has 0 aliphatic carbocycles. The third-order valence-electron chi connectivity index (χ3n) is 4.57. The van der Waals surface area contributed by atoms with E-state index in [0.29, 0.717) is 28.6 Å². The van der Waals surface area contributed by atoms with Gasteiger partial charge in [0.2, 0.25) is 0 Å². The number of amides is 1. The summed E-state index contributed by atoms with van der Waals surface area (Å²) < 4.78 is 0. The first kappa shape index (κ1) is 20.2. The molecule has 7 heteroatoms. The molecule has 1 amide bonds. The molecule has 0 spiro atoms. The zero-order valence-electron chi connectivity index (χ0n) is 16.8. The minimum atomic E-state index is -0.0827. The third kappa shape index (κ3) is 5.05. The quantitative estimate of drug-likeness (QED) is 0.594. The minimum Gasteiger partial charge on any atom is -0.350 e. The van der Waals surface area contributed by atoms with Gasteiger partial charge in [-0.1, -0.05) is 17.4 Å². The maximum atomic E-state index is 12.4. The van der Waals surface area contributed by atoms with Crippen molar-refractivity contribution in [1.82, 2.24) is 20.2 Å². The third-order valence-corrected chi connectivity index (χ3v) is 5.48. The van der Waals surface area contributed by atoms with Gasteiger partial charge in [-0.2, -0.15) is 0 Å². The van der Waals surface area contributed by atoms with Crippen molar-refractivity contribution in [1.29, 1.82) is 0 Å². The predicted molar refractivity (Wildman–Crippen MR) is 116 cm³/mol. The fourth-order valence-corrected chi connectivity index (χ4v) is 3.96. The van der Waals surface area contributed by atoms with Gasteiger partial charge in [0.1, 0.15) is 4.88 Å².